The Labute approximate surface area is 127 Å². The Kier molecular flexibility index (Phi) is 5.11. The fourth-order valence-electron chi connectivity index (χ4n) is 2.44. The van der Waals surface area contributed by atoms with E-state index >= 15 is 0 Å². The van der Waals surface area contributed by atoms with Gasteiger partial charge in [0, 0.05) is 31.7 Å². The molecule has 1 fully saturated rings. The molecule has 0 bridgehead atoms. The van der Waals surface area contributed by atoms with Crippen molar-refractivity contribution in [2.24, 2.45) is 0 Å². The third kappa shape index (κ3) is 3.67. The molecule has 6 heteroatoms. The van der Waals surface area contributed by atoms with Crippen LogP contribution in [0.3, 0.4) is 0 Å². The topological polar surface area (TPSA) is 62.6 Å². The Balaban J connectivity index is 2.27. The fourth-order valence-corrected chi connectivity index (χ4v) is 4.06. The van der Waals surface area contributed by atoms with Gasteiger partial charge in [-0.2, -0.15) is 0 Å². The smallest absolute Gasteiger partial charge is 0.246 e. The molecule has 5 nitrogen and oxygen atoms in total. The Morgan fingerprint density at radius 3 is 2.52 bits per heavy atom. The zero-order chi connectivity index (χ0) is 15.6. The van der Waals surface area contributed by atoms with Crippen molar-refractivity contribution in [3.63, 3.8) is 0 Å². The largest absolute Gasteiger partial charge is 0.465 e. The van der Waals surface area contributed by atoms with Gasteiger partial charge in [0.25, 0.3) is 0 Å². The van der Waals surface area contributed by atoms with Crippen LogP contribution in [0.15, 0.2) is 9.31 Å². The summed E-state index contributed by atoms with van der Waals surface area (Å²) in [5.74, 6) is 1.19. The zero-order valence-corrected chi connectivity index (χ0v) is 14.2. The summed E-state index contributed by atoms with van der Waals surface area (Å²) >= 11 is 0. The van der Waals surface area contributed by atoms with Crippen LogP contribution < -0.4 is 5.32 Å². The van der Waals surface area contributed by atoms with E-state index in [-0.39, 0.29) is 0 Å². The molecule has 0 aliphatic heterocycles. The lowest BCUT2D eigenvalue weighted by Crippen LogP contribution is -2.29. The SMILES string of the molecule is CCCCN(C)S(=O)(=O)c1c(C)oc(C)c1CNC1CC1. The number of aryl methyl sites for hydroxylation is 2. The maximum absolute atomic E-state index is 12.8. The first-order valence-electron chi connectivity index (χ1n) is 7.66. The first-order chi connectivity index (χ1) is 9.87. The number of furan rings is 1. The van der Waals surface area contributed by atoms with Crippen LogP contribution in [0.2, 0.25) is 0 Å². The quantitative estimate of drug-likeness (QED) is 0.801. The van der Waals surface area contributed by atoms with Gasteiger partial charge in [0.15, 0.2) is 0 Å². The normalized spacial score (nSPS) is 15.9. The van der Waals surface area contributed by atoms with E-state index in [2.05, 4.69) is 12.2 Å². The molecule has 0 amide bonds. The minimum atomic E-state index is -3.48. The third-order valence-corrected chi connectivity index (χ3v) is 6.02. The zero-order valence-electron chi connectivity index (χ0n) is 13.4. The predicted octanol–water partition coefficient (Wildman–Crippen LogP) is 2.57. The van der Waals surface area contributed by atoms with Gasteiger partial charge in [-0.3, -0.25) is 0 Å². The van der Waals surface area contributed by atoms with Crippen molar-refractivity contribution in [3.05, 3.63) is 17.1 Å². The van der Waals surface area contributed by atoms with Crippen LogP contribution in [0.1, 0.15) is 49.7 Å². The average Bonchev–Trinajstić information content (AvgIpc) is 3.19. The molecular weight excluding hydrogens is 288 g/mol. The standard InChI is InChI=1S/C15H26N2O3S/c1-5-6-9-17(4)21(18,19)15-12(3)20-11(2)14(15)10-16-13-7-8-13/h13,16H,5-10H2,1-4H3. The van der Waals surface area contributed by atoms with Gasteiger partial charge in [-0.1, -0.05) is 13.3 Å². The third-order valence-electron chi connectivity index (χ3n) is 3.96. The second kappa shape index (κ2) is 6.50. The Hall–Kier alpha value is -0.850. The summed E-state index contributed by atoms with van der Waals surface area (Å²) in [6, 6.07) is 0.535. The maximum atomic E-state index is 12.8. The molecule has 0 unspecified atom stereocenters. The molecule has 1 aromatic rings. The van der Waals surface area contributed by atoms with Crippen LogP contribution in [0.4, 0.5) is 0 Å². The van der Waals surface area contributed by atoms with Crippen molar-refractivity contribution in [2.45, 2.75) is 63.9 Å². The molecule has 0 radical (unpaired) electrons. The van der Waals surface area contributed by atoms with Crippen molar-refractivity contribution >= 4 is 10.0 Å². The molecule has 1 N–H and O–H groups in total. The lowest BCUT2D eigenvalue weighted by Gasteiger charge is -2.17. The molecule has 1 saturated carbocycles. The highest BCUT2D eigenvalue weighted by molar-refractivity contribution is 7.89. The minimum absolute atomic E-state index is 0.353. The summed E-state index contributed by atoms with van der Waals surface area (Å²) in [5, 5.41) is 3.38. The summed E-state index contributed by atoms with van der Waals surface area (Å²) in [6.45, 7) is 6.72. The number of hydrogen-bond donors (Lipinski definition) is 1. The van der Waals surface area contributed by atoms with Crippen LogP contribution in [-0.4, -0.2) is 32.4 Å². The van der Waals surface area contributed by atoms with Crippen LogP contribution in [0.5, 0.6) is 0 Å². The Morgan fingerprint density at radius 1 is 1.29 bits per heavy atom. The molecule has 0 saturated heterocycles. The molecule has 1 aliphatic carbocycles. The summed E-state index contributed by atoms with van der Waals surface area (Å²) < 4.78 is 32.6. The van der Waals surface area contributed by atoms with Gasteiger partial charge in [-0.05, 0) is 33.1 Å². The van der Waals surface area contributed by atoms with Crippen LogP contribution in [0, 0.1) is 13.8 Å². The van der Waals surface area contributed by atoms with E-state index in [9.17, 15) is 8.42 Å². The van der Waals surface area contributed by atoms with E-state index < -0.39 is 10.0 Å². The number of nitrogens with zero attached hydrogens (tertiary/aromatic N) is 1. The van der Waals surface area contributed by atoms with E-state index in [4.69, 9.17) is 4.42 Å². The van der Waals surface area contributed by atoms with E-state index in [1.807, 2.05) is 6.92 Å². The predicted molar refractivity (Wildman–Crippen MR) is 82.8 cm³/mol. The molecular formula is C15H26N2O3S. The number of sulfonamides is 1. The highest BCUT2D eigenvalue weighted by Gasteiger charge is 2.31. The van der Waals surface area contributed by atoms with Crippen molar-refractivity contribution in [1.29, 1.82) is 0 Å². The Bertz CT molecular complexity index is 588. The molecule has 0 aromatic carbocycles. The van der Waals surface area contributed by atoms with Crippen LogP contribution in [-0.2, 0) is 16.6 Å². The summed E-state index contributed by atoms with van der Waals surface area (Å²) in [6.07, 6.45) is 4.18. The van der Waals surface area contributed by atoms with Gasteiger partial charge in [0.05, 0.1) is 0 Å². The van der Waals surface area contributed by atoms with Gasteiger partial charge in [0.1, 0.15) is 16.4 Å². The highest BCUT2D eigenvalue weighted by atomic mass is 32.2. The van der Waals surface area contributed by atoms with Gasteiger partial charge < -0.3 is 9.73 Å². The molecule has 120 valence electrons. The number of unbranched alkanes of at least 4 members (excludes halogenated alkanes) is 1. The maximum Gasteiger partial charge on any atom is 0.246 e. The summed E-state index contributed by atoms with van der Waals surface area (Å²) in [5.41, 5.74) is 0.780. The highest BCUT2D eigenvalue weighted by Crippen LogP contribution is 2.30. The van der Waals surface area contributed by atoms with E-state index in [0.717, 1.165) is 18.4 Å². The second-order valence-electron chi connectivity index (χ2n) is 5.86. The van der Waals surface area contributed by atoms with Crippen molar-refractivity contribution in [3.8, 4) is 0 Å². The molecule has 1 heterocycles. The van der Waals surface area contributed by atoms with Crippen molar-refractivity contribution in [2.75, 3.05) is 13.6 Å². The number of nitrogens with one attached hydrogen (secondary N) is 1. The summed E-state index contributed by atoms with van der Waals surface area (Å²) in [4.78, 5) is 0.353. The summed E-state index contributed by atoms with van der Waals surface area (Å²) in [7, 11) is -1.84. The van der Waals surface area contributed by atoms with Gasteiger partial charge in [-0.15, -0.1) is 0 Å². The molecule has 0 spiro atoms. The van der Waals surface area contributed by atoms with Crippen LogP contribution >= 0.6 is 0 Å². The van der Waals surface area contributed by atoms with Crippen LogP contribution in [0.25, 0.3) is 0 Å². The lowest BCUT2D eigenvalue weighted by molar-refractivity contribution is 0.453. The molecule has 0 atom stereocenters. The van der Waals surface area contributed by atoms with Gasteiger partial charge in [0.2, 0.25) is 10.0 Å². The first-order valence-corrected chi connectivity index (χ1v) is 9.10. The fraction of sp³-hybridized carbons (Fsp3) is 0.733. The lowest BCUT2D eigenvalue weighted by atomic mass is 10.2. The molecule has 21 heavy (non-hydrogen) atoms. The number of rotatable bonds is 8. The van der Waals surface area contributed by atoms with Gasteiger partial charge >= 0.3 is 0 Å². The average molecular weight is 314 g/mol. The molecule has 1 aliphatic rings. The van der Waals surface area contributed by atoms with Crippen molar-refractivity contribution in [1.82, 2.24) is 9.62 Å². The minimum Gasteiger partial charge on any atom is -0.465 e. The van der Waals surface area contributed by atoms with Crippen molar-refractivity contribution < 1.29 is 12.8 Å². The van der Waals surface area contributed by atoms with E-state index in [1.165, 1.54) is 17.1 Å². The van der Waals surface area contributed by atoms with E-state index in [0.29, 0.717) is 35.5 Å². The number of hydrogen-bond acceptors (Lipinski definition) is 4. The van der Waals surface area contributed by atoms with E-state index in [1.54, 1.807) is 14.0 Å². The monoisotopic (exact) mass is 314 g/mol. The molecule has 1 aromatic heterocycles. The molecule has 2 rings (SSSR count). The first kappa shape index (κ1) is 16.5. The Morgan fingerprint density at radius 2 is 1.95 bits per heavy atom. The van der Waals surface area contributed by atoms with Gasteiger partial charge in [-0.25, -0.2) is 12.7 Å². The second-order valence-corrected chi connectivity index (χ2v) is 7.84.